The summed E-state index contributed by atoms with van der Waals surface area (Å²) in [5.74, 6) is 1.30. The first kappa shape index (κ1) is 18.1. The summed E-state index contributed by atoms with van der Waals surface area (Å²) in [5.41, 5.74) is 2.07. The highest BCUT2D eigenvalue weighted by atomic mass is 32.2. The fourth-order valence-corrected chi connectivity index (χ4v) is 4.75. The predicted molar refractivity (Wildman–Crippen MR) is 114 cm³/mol. The number of amides is 2. The van der Waals surface area contributed by atoms with Crippen molar-refractivity contribution in [3.63, 3.8) is 0 Å². The summed E-state index contributed by atoms with van der Waals surface area (Å²) in [6.07, 6.45) is 3.07. The maximum Gasteiger partial charge on any atom is 0.554 e. The number of pyridine rings is 2. The van der Waals surface area contributed by atoms with E-state index in [1.165, 1.54) is 16.5 Å². The molecule has 9 heteroatoms. The van der Waals surface area contributed by atoms with Gasteiger partial charge in [-0.15, -0.1) is 0 Å². The minimum Gasteiger partial charge on any atom is -0.453 e. The highest BCUT2D eigenvalue weighted by Crippen LogP contribution is 2.48. The normalized spacial score (nSPS) is 13.3. The van der Waals surface area contributed by atoms with Crippen LogP contribution < -0.4 is 15.0 Å². The number of hydrogen-bond donors (Lipinski definition) is 2. The predicted octanol–water partition coefficient (Wildman–Crippen LogP) is 5.69. The molecular formula is C21H15N4O4S+. The fraction of sp³-hybridized carbons (Fsp3) is 0.0476. The smallest absolute Gasteiger partial charge is 0.453 e. The Bertz CT molecular complexity index is 1320. The van der Waals surface area contributed by atoms with Crippen LogP contribution in [0.5, 0.6) is 11.5 Å². The Kier molecular flexibility index (Phi) is 4.11. The Balaban J connectivity index is 1.65. The van der Waals surface area contributed by atoms with Crippen molar-refractivity contribution in [2.24, 2.45) is 0 Å². The van der Waals surface area contributed by atoms with Crippen molar-refractivity contribution in [3.8, 4) is 11.5 Å². The molecule has 0 fully saturated rings. The molecule has 1 aromatic carbocycles. The van der Waals surface area contributed by atoms with Crippen LogP contribution in [-0.4, -0.2) is 26.4 Å². The fourth-order valence-electron chi connectivity index (χ4n) is 3.35. The highest BCUT2D eigenvalue weighted by Gasteiger charge is 2.37. The maximum absolute atomic E-state index is 13.0. The van der Waals surface area contributed by atoms with Crippen LogP contribution in [0.25, 0.3) is 10.2 Å². The Morgan fingerprint density at radius 2 is 1.93 bits per heavy atom. The summed E-state index contributed by atoms with van der Waals surface area (Å²) >= 11 is 0. The first-order valence-corrected chi connectivity index (χ1v) is 10.3. The quantitative estimate of drug-likeness (QED) is 0.412. The molecule has 2 amide bonds. The van der Waals surface area contributed by atoms with Gasteiger partial charge in [-0.25, -0.2) is 19.7 Å². The van der Waals surface area contributed by atoms with E-state index in [1.807, 2.05) is 31.2 Å². The van der Waals surface area contributed by atoms with Gasteiger partial charge in [0.1, 0.15) is 27.3 Å². The Morgan fingerprint density at radius 1 is 1.13 bits per heavy atom. The summed E-state index contributed by atoms with van der Waals surface area (Å²) in [5, 5.41) is 13.4. The van der Waals surface area contributed by atoms with Crippen molar-refractivity contribution in [2.45, 2.75) is 6.92 Å². The minimum atomic E-state index is -1.23. The van der Waals surface area contributed by atoms with Crippen molar-refractivity contribution in [1.29, 1.82) is 0 Å². The molecule has 1 aliphatic heterocycles. The number of urea groups is 1. The summed E-state index contributed by atoms with van der Waals surface area (Å²) in [7, 11) is -1.23. The van der Waals surface area contributed by atoms with E-state index in [9.17, 15) is 14.7 Å². The topological polar surface area (TPSA) is 105 Å². The van der Waals surface area contributed by atoms with E-state index in [0.29, 0.717) is 38.9 Å². The van der Waals surface area contributed by atoms with Crippen LogP contribution in [0.3, 0.4) is 0 Å². The largest absolute Gasteiger partial charge is 0.554 e. The van der Waals surface area contributed by atoms with Crippen molar-refractivity contribution in [2.75, 3.05) is 10.2 Å². The van der Waals surface area contributed by atoms with Crippen LogP contribution in [0, 0.1) is 6.92 Å². The van der Waals surface area contributed by atoms with E-state index in [4.69, 9.17) is 4.74 Å². The molecule has 0 bridgehead atoms. The van der Waals surface area contributed by atoms with Gasteiger partial charge in [-0.2, -0.15) is 4.79 Å². The van der Waals surface area contributed by atoms with E-state index >= 15 is 0 Å². The van der Waals surface area contributed by atoms with Crippen LogP contribution in [-0.2, 0) is 0 Å². The van der Waals surface area contributed by atoms with E-state index in [-0.39, 0.29) is 0 Å². The Labute approximate surface area is 173 Å². The number of carbonyl (C=O) groups excluding carboxylic acids is 1. The third-order valence-corrected chi connectivity index (χ3v) is 6.27. The zero-order valence-corrected chi connectivity index (χ0v) is 16.5. The van der Waals surface area contributed by atoms with Crippen LogP contribution in [0.4, 0.5) is 26.8 Å². The Morgan fingerprint density at radius 3 is 2.70 bits per heavy atom. The number of nitrogens with zero attached hydrogens (tertiary/aromatic N) is 3. The van der Waals surface area contributed by atoms with Gasteiger partial charge in [0.05, 0.1) is 5.69 Å². The molecule has 1 unspecified atom stereocenters. The molecule has 3 aromatic heterocycles. The lowest BCUT2D eigenvalue weighted by molar-refractivity contribution is 0.221. The number of rotatable bonds is 4. The molecule has 1 atom stereocenters. The number of aryl methyl sites for hydroxylation is 1. The zero-order valence-electron chi connectivity index (χ0n) is 15.7. The maximum atomic E-state index is 13.0. The standard InChI is InChI=1S/C21H14N4O4S/c1-12-4-6-13(7-5-12)29-16-3-2-9-22-18(16)25-15-8-10-23-19-17(15)14(24-20(25)26)11-30(19)21(27)28/h2-11H,1H3,(H-,24,26,27,28)/p+1. The van der Waals surface area contributed by atoms with Crippen LogP contribution >= 0.6 is 10.5 Å². The molecule has 8 nitrogen and oxygen atoms in total. The number of carbonyl (C=O) groups is 2. The van der Waals surface area contributed by atoms with Gasteiger partial charge < -0.3 is 15.2 Å². The number of thiophene rings is 1. The van der Waals surface area contributed by atoms with Gasteiger partial charge in [0.25, 0.3) is 4.83 Å². The van der Waals surface area contributed by atoms with Gasteiger partial charge in [0.2, 0.25) is 0 Å². The average molecular weight is 419 g/mol. The second kappa shape index (κ2) is 6.82. The molecule has 0 radical (unpaired) electrons. The lowest BCUT2D eigenvalue weighted by Crippen LogP contribution is -2.34. The summed E-state index contributed by atoms with van der Waals surface area (Å²) in [6.45, 7) is 1.98. The van der Waals surface area contributed by atoms with Gasteiger partial charge in [-0.1, -0.05) is 17.7 Å². The molecule has 1 aliphatic rings. The van der Waals surface area contributed by atoms with E-state index in [1.54, 1.807) is 24.4 Å². The number of carboxylic acid groups (broad SMARTS) is 1. The highest BCUT2D eigenvalue weighted by molar-refractivity contribution is 7.54. The monoisotopic (exact) mass is 419 g/mol. The molecule has 30 heavy (non-hydrogen) atoms. The van der Waals surface area contributed by atoms with Gasteiger partial charge >= 0.3 is 11.3 Å². The van der Waals surface area contributed by atoms with Crippen LogP contribution in [0.15, 0.2) is 60.2 Å². The molecule has 2 N–H and O–H groups in total. The first-order chi connectivity index (χ1) is 14.5. The van der Waals surface area contributed by atoms with Gasteiger partial charge in [-0.05, 0) is 37.3 Å². The van der Waals surface area contributed by atoms with Crippen molar-refractivity contribution in [3.05, 3.63) is 65.8 Å². The van der Waals surface area contributed by atoms with Crippen molar-refractivity contribution < 1.29 is 19.4 Å². The molecule has 0 saturated heterocycles. The number of anilines is 3. The number of benzene rings is 1. The second-order valence-electron chi connectivity index (χ2n) is 6.65. The minimum absolute atomic E-state index is 0.296. The van der Waals surface area contributed by atoms with Gasteiger partial charge in [0, 0.05) is 12.4 Å². The zero-order chi connectivity index (χ0) is 20.8. The first-order valence-electron chi connectivity index (χ1n) is 9.01. The third kappa shape index (κ3) is 2.83. The molecule has 0 spiro atoms. The van der Waals surface area contributed by atoms with E-state index in [2.05, 4.69) is 15.3 Å². The SMILES string of the molecule is Cc1ccc(Oc2cccnc2N2C(=O)Nc3c[s+](C(=O)O)c4nccc2c34)cc1. The van der Waals surface area contributed by atoms with Crippen LogP contribution in [0.1, 0.15) is 5.56 Å². The Hall–Kier alpha value is -3.98. The summed E-state index contributed by atoms with van der Waals surface area (Å²) in [6, 6.07) is 12.2. The summed E-state index contributed by atoms with van der Waals surface area (Å²) in [4.78, 5) is 35.1. The lowest BCUT2D eigenvalue weighted by atomic mass is 10.2. The number of hydrogen-bond acceptors (Lipinski definition) is 5. The second-order valence-corrected chi connectivity index (χ2v) is 8.30. The van der Waals surface area contributed by atoms with E-state index < -0.39 is 21.8 Å². The lowest BCUT2D eigenvalue weighted by Gasteiger charge is -2.27. The van der Waals surface area contributed by atoms with Gasteiger partial charge in [-0.3, -0.25) is 0 Å². The summed E-state index contributed by atoms with van der Waals surface area (Å²) < 4.78 is 6.01. The third-order valence-electron chi connectivity index (χ3n) is 4.69. The molecule has 4 aromatic rings. The number of ether oxygens (including phenoxy) is 1. The van der Waals surface area contributed by atoms with Crippen LogP contribution in [0.2, 0.25) is 0 Å². The number of aromatic nitrogens is 2. The molecule has 0 aliphatic carbocycles. The number of nitrogens with one attached hydrogen (secondary N) is 1. The molecule has 0 saturated carbocycles. The average Bonchev–Trinajstić information content (AvgIpc) is 3.11. The molecule has 148 valence electrons. The molecule has 4 heterocycles. The van der Waals surface area contributed by atoms with Crippen molar-refractivity contribution >= 4 is 49.2 Å². The van der Waals surface area contributed by atoms with E-state index in [0.717, 1.165) is 5.56 Å². The van der Waals surface area contributed by atoms with Crippen molar-refractivity contribution in [1.82, 2.24) is 9.97 Å². The molecule has 5 rings (SSSR count). The molecular weight excluding hydrogens is 404 g/mol. The van der Waals surface area contributed by atoms with Gasteiger partial charge in [0.15, 0.2) is 16.9 Å².